The van der Waals surface area contributed by atoms with Gasteiger partial charge in [0.1, 0.15) is 0 Å². The summed E-state index contributed by atoms with van der Waals surface area (Å²) in [6, 6.07) is 12.9. The lowest BCUT2D eigenvalue weighted by Gasteiger charge is -2.21. The van der Waals surface area contributed by atoms with Crippen molar-refractivity contribution in [2.45, 2.75) is 11.8 Å². The second-order valence-electron chi connectivity index (χ2n) is 4.65. The summed E-state index contributed by atoms with van der Waals surface area (Å²) in [5.41, 5.74) is 6.78. The van der Waals surface area contributed by atoms with E-state index in [1.807, 2.05) is 19.1 Å². The second-order valence-corrected chi connectivity index (χ2v) is 6.62. The first-order valence-electron chi connectivity index (χ1n) is 6.28. The summed E-state index contributed by atoms with van der Waals surface area (Å²) in [5.74, 6) is -0.661. The first kappa shape index (κ1) is 15.1. The average molecular weight is 304 g/mol. The normalized spacial score (nSPS) is 11.1. The van der Waals surface area contributed by atoms with E-state index in [4.69, 9.17) is 5.73 Å². The van der Waals surface area contributed by atoms with Gasteiger partial charge in [0.15, 0.2) is 0 Å². The molecule has 2 rings (SSSR count). The van der Waals surface area contributed by atoms with Gasteiger partial charge in [-0.1, -0.05) is 24.3 Å². The third kappa shape index (κ3) is 2.90. The number of sulfonamides is 1. The number of nitrogens with zero attached hydrogens (tertiary/aromatic N) is 1. The van der Waals surface area contributed by atoms with Crippen LogP contribution in [0.1, 0.15) is 15.9 Å². The van der Waals surface area contributed by atoms with Crippen molar-refractivity contribution in [3.63, 3.8) is 0 Å². The second kappa shape index (κ2) is 5.57. The fraction of sp³-hybridized carbons (Fsp3) is 0.133. The van der Waals surface area contributed by atoms with Crippen LogP contribution >= 0.6 is 0 Å². The smallest absolute Gasteiger partial charge is 0.264 e. The lowest BCUT2D eigenvalue weighted by atomic mass is 10.2. The number of primary amides is 1. The third-order valence-corrected chi connectivity index (χ3v) is 5.00. The summed E-state index contributed by atoms with van der Waals surface area (Å²) in [4.78, 5) is 11.2. The van der Waals surface area contributed by atoms with Crippen LogP contribution in [0.25, 0.3) is 0 Å². The van der Waals surface area contributed by atoms with Crippen LogP contribution in [0.15, 0.2) is 53.4 Å². The van der Waals surface area contributed by atoms with E-state index >= 15 is 0 Å². The van der Waals surface area contributed by atoms with Crippen LogP contribution < -0.4 is 10.0 Å². The largest absolute Gasteiger partial charge is 0.366 e. The zero-order chi connectivity index (χ0) is 15.6. The quantitative estimate of drug-likeness (QED) is 0.937. The molecule has 0 bridgehead atoms. The van der Waals surface area contributed by atoms with E-state index in [9.17, 15) is 13.2 Å². The van der Waals surface area contributed by atoms with Crippen molar-refractivity contribution < 1.29 is 13.2 Å². The van der Waals surface area contributed by atoms with Crippen LogP contribution in [0.4, 0.5) is 5.69 Å². The summed E-state index contributed by atoms with van der Waals surface area (Å²) in [6.45, 7) is 1.83. The maximum Gasteiger partial charge on any atom is 0.264 e. The van der Waals surface area contributed by atoms with Crippen molar-refractivity contribution in [2.75, 3.05) is 11.4 Å². The van der Waals surface area contributed by atoms with Crippen LogP contribution in [-0.2, 0) is 10.0 Å². The van der Waals surface area contributed by atoms with Crippen LogP contribution in [0, 0.1) is 6.92 Å². The van der Waals surface area contributed by atoms with Crippen LogP contribution in [-0.4, -0.2) is 21.4 Å². The summed E-state index contributed by atoms with van der Waals surface area (Å²) in [7, 11) is -2.26. The molecule has 1 amide bonds. The summed E-state index contributed by atoms with van der Waals surface area (Å²) < 4.78 is 26.5. The Labute approximate surface area is 124 Å². The molecule has 110 valence electrons. The molecule has 0 saturated carbocycles. The molecule has 0 atom stereocenters. The summed E-state index contributed by atoms with van der Waals surface area (Å²) >= 11 is 0. The SMILES string of the molecule is Cc1ccccc1N(C)S(=O)(=O)c1cccc(C(N)=O)c1. The van der Waals surface area contributed by atoms with E-state index in [-0.39, 0.29) is 10.5 Å². The zero-order valence-corrected chi connectivity index (χ0v) is 12.6. The van der Waals surface area contributed by atoms with Gasteiger partial charge in [0.05, 0.1) is 10.6 Å². The molecule has 0 aliphatic carbocycles. The molecule has 0 radical (unpaired) electrons. The number of hydrogen-bond acceptors (Lipinski definition) is 3. The molecule has 2 aromatic rings. The minimum Gasteiger partial charge on any atom is -0.366 e. The van der Waals surface area contributed by atoms with Gasteiger partial charge in [0.25, 0.3) is 10.0 Å². The fourth-order valence-electron chi connectivity index (χ4n) is 2.01. The molecule has 0 fully saturated rings. The number of para-hydroxylation sites is 1. The predicted molar refractivity (Wildman–Crippen MR) is 81.7 cm³/mol. The Hall–Kier alpha value is -2.34. The van der Waals surface area contributed by atoms with E-state index in [1.54, 1.807) is 12.1 Å². The fourth-order valence-corrected chi connectivity index (χ4v) is 3.32. The maximum atomic E-state index is 12.6. The highest BCUT2D eigenvalue weighted by atomic mass is 32.2. The number of carbonyl (C=O) groups excluding carboxylic acids is 1. The summed E-state index contributed by atoms with van der Waals surface area (Å²) in [5, 5.41) is 0. The van der Waals surface area contributed by atoms with Crippen molar-refractivity contribution >= 4 is 21.6 Å². The molecule has 2 N–H and O–H groups in total. The number of amides is 1. The van der Waals surface area contributed by atoms with Crippen molar-refractivity contribution in [3.8, 4) is 0 Å². The monoisotopic (exact) mass is 304 g/mol. The number of anilines is 1. The van der Waals surface area contributed by atoms with Gasteiger partial charge in [-0.3, -0.25) is 9.10 Å². The molecular weight excluding hydrogens is 288 g/mol. The van der Waals surface area contributed by atoms with E-state index < -0.39 is 15.9 Å². The molecule has 0 heterocycles. The lowest BCUT2D eigenvalue weighted by molar-refractivity contribution is 0.1000. The predicted octanol–water partition coefficient (Wildman–Crippen LogP) is 1.92. The number of benzene rings is 2. The Morgan fingerprint density at radius 2 is 1.76 bits per heavy atom. The number of nitrogens with two attached hydrogens (primary N) is 1. The average Bonchev–Trinajstić information content (AvgIpc) is 2.47. The lowest BCUT2D eigenvalue weighted by Crippen LogP contribution is -2.27. The Morgan fingerprint density at radius 1 is 1.10 bits per heavy atom. The van der Waals surface area contributed by atoms with Gasteiger partial charge >= 0.3 is 0 Å². The minimum atomic E-state index is -3.74. The molecule has 5 nitrogen and oxygen atoms in total. The summed E-state index contributed by atoms with van der Waals surface area (Å²) in [6.07, 6.45) is 0. The standard InChI is InChI=1S/C15H16N2O3S/c1-11-6-3-4-9-14(11)17(2)21(19,20)13-8-5-7-12(10-13)15(16)18/h3-10H,1-2H3,(H2,16,18). The van der Waals surface area contributed by atoms with E-state index in [0.29, 0.717) is 5.69 Å². The van der Waals surface area contributed by atoms with Gasteiger partial charge in [-0.25, -0.2) is 8.42 Å². The van der Waals surface area contributed by atoms with Crippen molar-refractivity contribution in [3.05, 3.63) is 59.7 Å². The Balaban J connectivity index is 2.50. The number of carbonyl (C=O) groups is 1. The minimum absolute atomic E-state index is 0.0320. The number of aryl methyl sites for hydroxylation is 1. The molecular formula is C15H16N2O3S. The highest BCUT2D eigenvalue weighted by Gasteiger charge is 2.22. The van der Waals surface area contributed by atoms with Crippen LogP contribution in [0.2, 0.25) is 0 Å². The molecule has 0 saturated heterocycles. The molecule has 0 aromatic heterocycles. The van der Waals surface area contributed by atoms with Gasteiger partial charge in [0, 0.05) is 12.6 Å². The van der Waals surface area contributed by atoms with Crippen LogP contribution in [0.3, 0.4) is 0 Å². The molecule has 0 aliphatic rings. The van der Waals surface area contributed by atoms with Gasteiger partial charge in [-0.05, 0) is 36.8 Å². The maximum absolute atomic E-state index is 12.6. The van der Waals surface area contributed by atoms with E-state index in [1.165, 1.54) is 35.6 Å². The number of rotatable bonds is 4. The molecule has 21 heavy (non-hydrogen) atoms. The van der Waals surface area contributed by atoms with E-state index in [2.05, 4.69) is 0 Å². The van der Waals surface area contributed by atoms with Gasteiger partial charge in [-0.2, -0.15) is 0 Å². The van der Waals surface area contributed by atoms with Crippen LogP contribution in [0.5, 0.6) is 0 Å². The topological polar surface area (TPSA) is 80.5 Å². The van der Waals surface area contributed by atoms with Gasteiger partial charge in [-0.15, -0.1) is 0 Å². The molecule has 0 spiro atoms. The van der Waals surface area contributed by atoms with E-state index in [0.717, 1.165) is 5.56 Å². The Bertz CT molecular complexity index is 785. The van der Waals surface area contributed by atoms with Crippen molar-refractivity contribution in [1.82, 2.24) is 0 Å². The highest BCUT2D eigenvalue weighted by molar-refractivity contribution is 7.92. The molecule has 0 aliphatic heterocycles. The molecule has 2 aromatic carbocycles. The third-order valence-electron chi connectivity index (χ3n) is 3.23. The van der Waals surface area contributed by atoms with Crippen molar-refractivity contribution in [1.29, 1.82) is 0 Å². The highest BCUT2D eigenvalue weighted by Crippen LogP contribution is 2.25. The zero-order valence-electron chi connectivity index (χ0n) is 11.8. The van der Waals surface area contributed by atoms with Gasteiger partial charge < -0.3 is 5.73 Å². The first-order chi connectivity index (χ1) is 9.84. The number of hydrogen-bond donors (Lipinski definition) is 1. The Kier molecular flexibility index (Phi) is 3.99. The van der Waals surface area contributed by atoms with Gasteiger partial charge in [0.2, 0.25) is 5.91 Å². The molecule has 6 heteroatoms. The first-order valence-corrected chi connectivity index (χ1v) is 7.72. The Morgan fingerprint density at radius 3 is 2.38 bits per heavy atom. The van der Waals surface area contributed by atoms with Crippen molar-refractivity contribution in [2.24, 2.45) is 5.73 Å². The molecule has 0 unspecified atom stereocenters.